The van der Waals surface area contributed by atoms with Gasteiger partial charge in [-0.3, -0.25) is 0 Å². The fourth-order valence-corrected chi connectivity index (χ4v) is 11.0. The van der Waals surface area contributed by atoms with Gasteiger partial charge in [0.2, 0.25) is 0 Å². The molecule has 6 aromatic carbocycles. The van der Waals surface area contributed by atoms with Crippen LogP contribution in [0.4, 0.5) is 0 Å². The van der Waals surface area contributed by atoms with Gasteiger partial charge in [0.15, 0.2) is 0 Å². The van der Waals surface area contributed by atoms with E-state index in [1.54, 1.807) is 0 Å². The average Bonchev–Trinajstić information content (AvgIpc) is 4.07. The topological polar surface area (TPSA) is 9.86 Å². The molecule has 5 aromatic heterocycles. The monoisotopic (exact) mass is 730 g/mol. The van der Waals surface area contributed by atoms with Crippen LogP contribution in [-0.2, 0) is 0 Å². The molecule has 250 valence electrons. The summed E-state index contributed by atoms with van der Waals surface area (Å²) in [5, 5.41) is 5.15. The van der Waals surface area contributed by atoms with Crippen LogP contribution >= 0.6 is 34.0 Å². The molecule has 0 aliphatic carbocycles. The maximum atomic E-state index is 2.37. The van der Waals surface area contributed by atoms with Gasteiger partial charge in [0.25, 0.3) is 0 Å². The fourth-order valence-electron chi connectivity index (χ4n) is 7.80. The SMILES string of the molecule is c1ccc2c(c1)c1ccccc1n2-c1ccc(-c2ccc(-c3ccc(-c4ccc(-c5ccc(-n6c7ccccc7c7ccccc76)cc5)s4)s3)s2)cc1. The highest BCUT2D eigenvalue weighted by Crippen LogP contribution is 2.44. The quantitative estimate of drug-likeness (QED) is 0.161. The number of thiophene rings is 3. The molecule has 11 aromatic rings. The molecule has 0 fully saturated rings. The van der Waals surface area contributed by atoms with Crippen molar-refractivity contribution in [1.82, 2.24) is 9.13 Å². The van der Waals surface area contributed by atoms with Gasteiger partial charge in [-0.1, -0.05) is 97.1 Å². The minimum Gasteiger partial charge on any atom is -0.309 e. The third-order valence-corrected chi connectivity index (χ3v) is 14.0. The highest BCUT2D eigenvalue weighted by molar-refractivity contribution is 7.27. The second-order valence-corrected chi connectivity index (χ2v) is 16.6. The molecular formula is C48H30N2S3. The van der Waals surface area contributed by atoms with Crippen LogP contribution in [-0.4, -0.2) is 9.13 Å². The van der Waals surface area contributed by atoms with Crippen molar-refractivity contribution in [2.75, 3.05) is 0 Å². The van der Waals surface area contributed by atoms with Crippen molar-refractivity contribution in [1.29, 1.82) is 0 Å². The van der Waals surface area contributed by atoms with E-state index in [2.05, 4.69) is 191 Å². The first-order valence-electron chi connectivity index (χ1n) is 17.8. The summed E-state index contributed by atoms with van der Waals surface area (Å²) in [6.07, 6.45) is 0. The van der Waals surface area contributed by atoms with Crippen LogP contribution in [0.2, 0.25) is 0 Å². The summed E-state index contributed by atoms with van der Waals surface area (Å²) in [5.41, 5.74) is 9.79. The molecule has 0 spiro atoms. The van der Waals surface area contributed by atoms with E-state index in [4.69, 9.17) is 0 Å². The van der Waals surface area contributed by atoms with E-state index in [1.165, 1.54) is 95.4 Å². The molecule has 0 unspecified atom stereocenters. The molecule has 0 bridgehead atoms. The van der Waals surface area contributed by atoms with E-state index in [1.807, 2.05) is 34.0 Å². The van der Waals surface area contributed by atoms with Gasteiger partial charge in [0.1, 0.15) is 0 Å². The molecule has 53 heavy (non-hydrogen) atoms. The van der Waals surface area contributed by atoms with Crippen LogP contribution in [0.3, 0.4) is 0 Å². The van der Waals surface area contributed by atoms with Gasteiger partial charge in [-0.15, -0.1) is 34.0 Å². The lowest BCUT2D eigenvalue weighted by atomic mass is 10.1. The van der Waals surface area contributed by atoms with Gasteiger partial charge in [-0.25, -0.2) is 0 Å². The Morgan fingerprint density at radius 1 is 0.245 bits per heavy atom. The van der Waals surface area contributed by atoms with Crippen LogP contribution in [0, 0.1) is 0 Å². The third kappa shape index (κ3) is 5.04. The van der Waals surface area contributed by atoms with E-state index in [0.717, 1.165) is 0 Å². The normalized spacial score (nSPS) is 11.8. The minimum atomic E-state index is 1.18. The van der Waals surface area contributed by atoms with Crippen molar-refractivity contribution in [3.8, 4) is 51.8 Å². The van der Waals surface area contributed by atoms with Gasteiger partial charge in [0.05, 0.1) is 22.1 Å². The highest BCUT2D eigenvalue weighted by Gasteiger charge is 2.15. The molecule has 11 rings (SSSR count). The Bertz CT molecular complexity index is 2790. The number of nitrogens with zero attached hydrogens (tertiary/aromatic N) is 2. The number of para-hydroxylation sites is 4. The number of hydrogen-bond acceptors (Lipinski definition) is 3. The lowest BCUT2D eigenvalue weighted by Crippen LogP contribution is -1.93. The number of benzene rings is 6. The lowest BCUT2D eigenvalue weighted by molar-refractivity contribution is 1.18. The summed E-state index contributed by atoms with van der Waals surface area (Å²) >= 11 is 5.60. The Kier molecular flexibility index (Phi) is 7.12. The van der Waals surface area contributed by atoms with Crippen molar-refractivity contribution in [3.63, 3.8) is 0 Å². The average molecular weight is 731 g/mol. The molecule has 0 aliphatic rings. The largest absolute Gasteiger partial charge is 0.309 e. The van der Waals surface area contributed by atoms with Gasteiger partial charge >= 0.3 is 0 Å². The Hall–Kier alpha value is -5.98. The van der Waals surface area contributed by atoms with Crippen molar-refractivity contribution >= 4 is 77.6 Å². The first-order valence-corrected chi connectivity index (χ1v) is 20.2. The highest BCUT2D eigenvalue weighted by atomic mass is 32.1. The molecule has 5 heterocycles. The summed E-state index contributed by atoms with van der Waals surface area (Å²) < 4.78 is 4.75. The molecule has 5 heteroatoms. The zero-order valence-electron chi connectivity index (χ0n) is 28.4. The predicted octanol–water partition coefficient (Wildman–Crippen LogP) is 14.7. The Labute approximate surface area is 318 Å². The number of hydrogen-bond donors (Lipinski definition) is 0. The number of aromatic nitrogens is 2. The molecule has 0 radical (unpaired) electrons. The zero-order valence-corrected chi connectivity index (χ0v) is 30.9. The first-order chi connectivity index (χ1) is 26.3. The second-order valence-electron chi connectivity index (χ2n) is 13.3. The van der Waals surface area contributed by atoms with Gasteiger partial charge in [0, 0.05) is 62.2 Å². The van der Waals surface area contributed by atoms with Crippen LogP contribution in [0.25, 0.3) is 95.4 Å². The minimum absolute atomic E-state index is 1.18. The smallest absolute Gasteiger partial charge is 0.0541 e. The Morgan fingerprint density at radius 3 is 0.830 bits per heavy atom. The summed E-state index contributed by atoms with van der Waals surface area (Å²) in [6.45, 7) is 0. The molecule has 2 nitrogen and oxygen atoms in total. The van der Waals surface area contributed by atoms with Crippen molar-refractivity contribution in [3.05, 3.63) is 182 Å². The molecule has 0 amide bonds. The maximum Gasteiger partial charge on any atom is 0.0541 e. The summed E-state index contributed by atoms with van der Waals surface area (Å²) in [5.74, 6) is 0. The van der Waals surface area contributed by atoms with Crippen LogP contribution in [0.15, 0.2) is 182 Å². The summed E-state index contributed by atoms with van der Waals surface area (Å²) in [4.78, 5) is 7.80. The lowest BCUT2D eigenvalue weighted by Gasteiger charge is -2.08. The third-order valence-electron chi connectivity index (χ3n) is 10.3. The summed E-state index contributed by atoms with van der Waals surface area (Å²) in [7, 11) is 0. The van der Waals surface area contributed by atoms with E-state index in [9.17, 15) is 0 Å². The van der Waals surface area contributed by atoms with Gasteiger partial charge in [-0.2, -0.15) is 0 Å². The molecule has 0 saturated heterocycles. The summed E-state index contributed by atoms with van der Waals surface area (Å²) in [6, 6.07) is 66.4. The zero-order chi connectivity index (χ0) is 34.9. The Balaban J connectivity index is 0.841. The molecule has 0 N–H and O–H groups in total. The first kappa shape index (κ1) is 30.6. The second kappa shape index (κ2) is 12.3. The predicted molar refractivity (Wildman–Crippen MR) is 230 cm³/mol. The molecular weight excluding hydrogens is 701 g/mol. The molecule has 0 saturated carbocycles. The van der Waals surface area contributed by atoms with Crippen molar-refractivity contribution in [2.24, 2.45) is 0 Å². The number of rotatable bonds is 6. The van der Waals surface area contributed by atoms with Crippen molar-refractivity contribution in [2.45, 2.75) is 0 Å². The molecule has 0 atom stereocenters. The van der Waals surface area contributed by atoms with E-state index < -0.39 is 0 Å². The van der Waals surface area contributed by atoms with E-state index in [-0.39, 0.29) is 0 Å². The fraction of sp³-hybridized carbons (Fsp3) is 0. The number of fused-ring (bicyclic) bond motifs is 6. The van der Waals surface area contributed by atoms with Crippen LogP contribution in [0.1, 0.15) is 0 Å². The van der Waals surface area contributed by atoms with Gasteiger partial charge < -0.3 is 9.13 Å². The van der Waals surface area contributed by atoms with Crippen LogP contribution in [0.5, 0.6) is 0 Å². The Morgan fingerprint density at radius 2 is 0.509 bits per heavy atom. The molecule has 0 aliphatic heterocycles. The van der Waals surface area contributed by atoms with E-state index in [0.29, 0.717) is 0 Å². The maximum absolute atomic E-state index is 2.37. The standard InChI is InChI=1S/C48H30N2S3/c1-5-13-39-35(9-1)36-10-2-6-14-40(36)49(39)33-21-17-31(18-22-33)43-25-27-45(51-43)47-29-30-48(53-47)46-28-26-44(52-46)32-19-23-34(24-20-32)50-41-15-7-3-11-37(41)38-12-4-8-16-42(38)50/h1-30H. The van der Waals surface area contributed by atoms with E-state index >= 15 is 0 Å². The van der Waals surface area contributed by atoms with Crippen molar-refractivity contribution < 1.29 is 0 Å². The van der Waals surface area contributed by atoms with Crippen LogP contribution < -0.4 is 0 Å². The van der Waals surface area contributed by atoms with Gasteiger partial charge in [-0.05, 0) is 96.1 Å².